The van der Waals surface area contributed by atoms with Crippen LogP contribution in [0.3, 0.4) is 0 Å². The summed E-state index contributed by atoms with van der Waals surface area (Å²) in [5.41, 5.74) is 6.77. The van der Waals surface area contributed by atoms with Crippen LogP contribution >= 0.6 is 34.0 Å². The Bertz CT molecular complexity index is 3400. The molecule has 68 heavy (non-hydrogen) atoms. The molecule has 5 heterocycles. The maximum Gasteiger partial charge on any atom is 0.243 e. The van der Waals surface area contributed by atoms with Gasteiger partial charge in [0.05, 0.1) is 43.0 Å². The number of hydrogen-bond acceptors (Lipinski definition) is 16. The Morgan fingerprint density at radius 1 is 0.632 bits per heavy atom. The molecule has 0 radical (unpaired) electrons. The van der Waals surface area contributed by atoms with E-state index in [1.54, 1.807) is 90.5 Å². The summed E-state index contributed by atoms with van der Waals surface area (Å²) in [5.74, 6) is 0.494. The number of likely N-dealkylation sites (N-methyl/N-ethyl adjacent to an activating group) is 1. The molecule has 0 aliphatic heterocycles. The normalized spacial score (nSPS) is 12.6. The van der Waals surface area contributed by atoms with Gasteiger partial charge in [0.1, 0.15) is 17.3 Å². The maximum atomic E-state index is 13.6. The van der Waals surface area contributed by atoms with Crippen molar-refractivity contribution in [3.8, 4) is 44.3 Å². The molecular formula is C46H45N9O7S6. The van der Waals surface area contributed by atoms with Crippen molar-refractivity contribution >= 4 is 69.2 Å². The quantitative estimate of drug-likeness (QED) is 0.0698. The predicted octanol–water partition coefficient (Wildman–Crippen LogP) is 9.63. The topological polar surface area (TPSA) is 202 Å². The van der Waals surface area contributed by atoms with Gasteiger partial charge in [0.2, 0.25) is 35.2 Å². The molecule has 3 aromatic carbocycles. The van der Waals surface area contributed by atoms with E-state index in [1.165, 1.54) is 70.8 Å². The molecule has 0 N–H and O–H groups in total. The third-order valence-electron chi connectivity index (χ3n) is 10.7. The van der Waals surface area contributed by atoms with E-state index in [-0.39, 0.29) is 34.3 Å². The Kier molecular flexibility index (Phi) is 14.7. The number of benzene rings is 3. The van der Waals surface area contributed by atoms with Gasteiger partial charge in [-0.25, -0.2) is 44.5 Å². The third kappa shape index (κ3) is 10.9. The van der Waals surface area contributed by atoms with Crippen molar-refractivity contribution in [3.63, 3.8) is 0 Å². The van der Waals surface area contributed by atoms with Gasteiger partial charge in [-0.05, 0) is 67.4 Å². The summed E-state index contributed by atoms with van der Waals surface area (Å²) in [7, 11) is -6.68. The standard InChI is InChI=1S/C46H45N9O7S6/c1-6-55(68(60,61)41-17-11-34(12-18-41)42-28-63-31(2)49-42)20-19-32-21-37(24-47-23-32)45-50-43(29-64-45)35-9-15-40(16-10-35)67(58,59)54(5)26-33-22-38(62-27-33)25-48-52-46-51-44(30-65-46)36-7-13-39(14-8-36)66(56,57)53(3)4/h7-18,21-24,27-30H,6,19-20,25-26H2,1-5H3. The molecule has 8 aromatic rings. The lowest BCUT2D eigenvalue weighted by atomic mass is 10.1. The van der Waals surface area contributed by atoms with E-state index in [0.717, 1.165) is 47.8 Å². The number of nitrogens with zero attached hydrogens (tertiary/aromatic N) is 9. The molecule has 0 fully saturated rings. The van der Waals surface area contributed by atoms with Gasteiger partial charge >= 0.3 is 0 Å². The highest BCUT2D eigenvalue weighted by Gasteiger charge is 2.25. The largest absolute Gasteiger partial charge is 0.467 e. The fourth-order valence-corrected chi connectivity index (χ4v) is 12.6. The zero-order valence-corrected chi connectivity index (χ0v) is 42.3. The minimum atomic E-state index is -3.87. The third-order valence-corrected chi connectivity index (χ3v) is 18.8. The van der Waals surface area contributed by atoms with Crippen molar-refractivity contribution in [1.82, 2.24) is 32.9 Å². The van der Waals surface area contributed by atoms with Crippen molar-refractivity contribution in [2.75, 3.05) is 34.2 Å². The van der Waals surface area contributed by atoms with E-state index in [9.17, 15) is 25.3 Å². The van der Waals surface area contributed by atoms with Crippen LogP contribution < -0.4 is 0 Å². The minimum Gasteiger partial charge on any atom is -0.467 e. The predicted molar refractivity (Wildman–Crippen MR) is 265 cm³/mol. The maximum absolute atomic E-state index is 13.6. The molecule has 0 aliphatic rings. The molecule has 0 aliphatic carbocycles. The molecule has 0 saturated heterocycles. The molecule has 8 rings (SSSR count). The van der Waals surface area contributed by atoms with E-state index in [1.807, 2.05) is 36.1 Å². The van der Waals surface area contributed by atoms with Crippen LogP contribution in [0.4, 0.5) is 5.13 Å². The van der Waals surface area contributed by atoms with Gasteiger partial charge in [-0.1, -0.05) is 43.3 Å². The van der Waals surface area contributed by atoms with Crippen LogP contribution in [0.5, 0.6) is 0 Å². The van der Waals surface area contributed by atoms with Crippen LogP contribution in [-0.2, 0) is 49.6 Å². The number of furan rings is 1. The SMILES string of the molecule is CCN(CCc1cncc(-c2nc(-c3ccc(S(=O)(=O)N(C)Cc4coc(CN=Nc5nc(-c6ccc(S(=O)(=O)N(C)C)cc6)cs5)c4)cc3)cs2)c1)S(=O)(=O)c1ccc(-c2csc(C)n2)cc1. The molecule has 0 amide bonds. The fraction of sp³-hybridized carbons (Fsp3) is 0.217. The molecule has 0 saturated carbocycles. The Balaban J connectivity index is 0.840. The highest BCUT2D eigenvalue weighted by molar-refractivity contribution is 7.89. The van der Waals surface area contributed by atoms with Crippen molar-refractivity contribution in [3.05, 3.63) is 142 Å². The van der Waals surface area contributed by atoms with Gasteiger partial charge in [-0.15, -0.1) is 39.1 Å². The number of sulfonamides is 3. The van der Waals surface area contributed by atoms with Crippen LogP contribution in [-0.4, -0.2) is 92.3 Å². The van der Waals surface area contributed by atoms with Crippen LogP contribution in [0, 0.1) is 6.92 Å². The van der Waals surface area contributed by atoms with Crippen molar-refractivity contribution in [2.24, 2.45) is 10.2 Å². The Hall–Kier alpha value is -5.69. The zero-order chi connectivity index (χ0) is 48.2. The van der Waals surface area contributed by atoms with E-state index in [4.69, 9.17) is 9.40 Å². The summed E-state index contributed by atoms with van der Waals surface area (Å²) in [6, 6.07) is 23.5. The average Bonchev–Trinajstić information content (AvgIpc) is 4.19. The summed E-state index contributed by atoms with van der Waals surface area (Å²) < 4.78 is 88.7. The monoisotopic (exact) mass is 1030 g/mol. The van der Waals surface area contributed by atoms with E-state index < -0.39 is 30.1 Å². The summed E-state index contributed by atoms with van der Waals surface area (Å²) in [4.78, 5) is 18.8. The number of azo groups is 1. The van der Waals surface area contributed by atoms with Gasteiger partial charge in [-0.3, -0.25) is 4.98 Å². The van der Waals surface area contributed by atoms with Gasteiger partial charge in [-0.2, -0.15) is 13.7 Å². The Morgan fingerprint density at radius 3 is 1.81 bits per heavy atom. The molecular weight excluding hydrogens is 983 g/mol. The Labute approximate surface area is 407 Å². The van der Waals surface area contributed by atoms with Crippen LogP contribution in [0.1, 0.15) is 28.8 Å². The number of aromatic nitrogens is 4. The first-order chi connectivity index (χ1) is 32.5. The molecule has 0 spiro atoms. The second kappa shape index (κ2) is 20.5. The van der Waals surface area contributed by atoms with Crippen molar-refractivity contribution in [1.29, 1.82) is 0 Å². The first-order valence-electron chi connectivity index (χ1n) is 20.9. The molecule has 352 valence electrons. The number of rotatable bonds is 19. The minimum absolute atomic E-state index is 0.0615. The van der Waals surface area contributed by atoms with E-state index in [0.29, 0.717) is 40.8 Å². The Morgan fingerprint density at radius 2 is 1.21 bits per heavy atom. The summed E-state index contributed by atoms with van der Waals surface area (Å²) in [6.07, 6.45) is 5.39. The highest BCUT2D eigenvalue weighted by atomic mass is 32.2. The number of aryl methyl sites for hydroxylation is 1. The van der Waals surface area contributed by atoms with Crippen LogP contribution in [0.2, 0.25) is 0 Å². The molecule has 0 unspecified atom stereocenters. The molecule has 0 atom stereocenters. The first kappa shape index (κ1) is 48.8. The number of thiazole rings is 3. The number of hydrogen-bond donors (Lipinski definition) is 0. The van der Waals surface area contributed by atoms with Crippen LogP contribution in [0.25, 0.3) is 44.3 Å². The number of pyridine rings is 1. The van der Waals surface area contributed by atoms with Crippen molar-refractivity contribution in [2.45, 2.75) is 48.0 Å². The summed E-state index contributed by atoms with van der Waals surface area (Å²) in [5, 5.41) is 16.1. The molecule has 16 nitrogen and oxygen atoms in total. The van der Waals surface area contributed by atoms with Gasteiger partial charge in [0, 0.05) is 97.1 Å². The van der Waals surface area contributed by atoms with Gasteiger partial charge in [0.25, 0.3) is 0 Å². The molecule has 0 bridgehead atoms. The second-order valence-corrected chi connectivity index (χ2v) is 24.5. The highest BCUT2D eigenvalue weighted by Crippen LogP contribution is 2.32. The lowest BCUT2D eigenvalue weighted by molar-refractivity contribution is 0.431. The zero-order valence-electron chi connectivity index (χ0n) is 37.4. The lowest BCUT2D eigenvalue weighted by Gasteiger charge is -2.20. The second-order valence-electron chi connectivity index (χ2n) is 15.6. The van der Waals surface area contributed by atoms with E-state index >= 15 is 0 Å². The first-order valence-corrected chi connectivity index (χ1v) is 27.9. The van der Waals surface area contributed by atoms with Gasteiger partial charge in [0.15, 0.2) is 0 Å². The van der Waals surface area contributed by atoms with E-state index in [2.05, 4.69) is 25.2 Å². The fourth-order valence-electron chi connectivity index (χ4n) is 6.95. The lowest BCUT2D eigenvalue weighted by Crippen LogP contribution is -2.32. The van der Waals surface area contributed by atoms with Crippen LogP contribution in [0.15, 0.2) is 149 Å². The molecule has 22 heteroatoms. The summed E-state index contributed by atoms with van der Waals surface area (Å²) >= 11 is 4.27. The summed E-state index contributed by atoms with van der Waals surface area (Å²) in [6.45, 7) is 4.51. The van der Waals surface area contributed by atoms with Gasteiger partial charge < -0.3 is 4.42 Å². The van der Waals surface area contributed by atoms with Crippen molar-refractivity contribution < 1.29 is 29.7 Å². The molecule has 5 aromatic heterocycles. The smallest absolute Gasteiger partial charge is 0.243 e. The average molecular weight is 1030 g/mol.